The van der Waals surface area contributed by atoms with Crippen LogP contribution in [0.1, 0.15) is 16.7 Å². The van der Waals surface area contributed by atoms with Gasteiger partial charge in [0.15, 0.2) is 0 Å². The third kappa shape index (κ3) is 3.49. The van der Waals surface area contributed by atoms with E-state index in [0.29, 0.717) is 5.56 Å². The van der Waals surface area contributed by atoms with Crippen molar-refractivity contribution in [1.82, 2.24) is 4.98 Å². The molecule has 4 rings (SSSR count). The molecule has 0 aliphatic rings. The predicted octanol–water partition coefficient (Wildman–Crippen LogP) is 6.15. The van der Waals surface area contributed by atoms with Gasteiger partial charge in [0.05, 0.1) is 5.69 Å². The van der Waals surface area contributed by atoms with Crippen molar-refractivity contribution < 1.29 is 0 Å². The van der Waals surface area contributed by atoms with Gasteiger partial charge in [0.2, 0.25) is 0 Å². The Morgan fingerprint density at radius 2 is 1.28 bits per heavy atom. The first-order chi connectivity index (χ1) is 14.1. The SMILES string of the molecule is Cc1ccc(-c2nc(N)c(C#N)c(-c3ccc(-c4ccccc4)cc3)c2C)cc1. The van der Waals surface area contributed by atoms with E-state index < -0.39 is 0 Å². The van der Waals surface area contributed by atoms with Crippen LogP contribution in [-0.4, -0.2) is 4.98 Å². The first kappa shape index (κ1) is 18.5. The van der Waals surface area contributed by atoms with Crippen LogP contribution >= 0.6 is 0 Å². The Kier molecular flexibility index (Phi) is 4.85. The van der Waals surface area contributed by atoms with E-state index in [-0.39, 0.29) is 5.82 Å². The molecule has 29 heavy (non-hydrogen) atoms. The molecule has 0 radical (unpaired) electrons. The summed E-state index contributed by atoms with van der Waals surface area (Å²) < 4.78 is 0. The van der Waals surface area contributed by atoms with E-state index in [4.69, 9.17) is 5.73 Å². The van der Waals surface area contributed by atoms with Crippen molar-refractivity contribution >= 4 is 5.82 Å². The summed E-state index contributed by atoms with van der Waals surface area (Å²) in [4.78, 5) is 4.55. The van der Waals surface area contributed by atoms with Gasteiger partial charge >= 0.3 is 0 Å². The molecule has 0 bridgehead atoms. The molecule has 0 saturated heterocycles. The minimum atomic E-state index is 0.260. The number of nitriles is 1. The number of hydrogen-bond donors (Lipinski definition) is 1. The molecule has 0 aliphatic carbocycles. The van der Waals surface area contributed by atoms with Gasteiger partial charge in [-0.05, 0) is 36.1 Å². The van der Waals surface area contributed by atoms with Gasteiger partial charge in [-0.15, -0.1) is 0 Å². The molecule has 0 aliphatic heterocycles. The van der Waals surface area contributed by atoms with E-state index in [9.17, 15) is 5.26 Å². The zero-order valence-corrected chi connectivity index (χ0v) is 16.5. The maximum Gasteiger partial charge on any atom is 0.142 e. The molecule has 3 heteroatoms. The van der Waals surface area contributed by atoms with E-state index >= 15 is 0 Å². The maximum atomic E-state index is 9.75. The van der Waals surface area contributed by atoms with Crippen molar-refractivity contribution in [1.29, 1.82) is 5.26 Å². The average molecular weight is 375 g/mol. The van der Waals surface area contributed by atoms with Gasteiger partial charge in [0.1, 0.15) is 17.5 Å². The predicted molar refractivity (Wildman–Crippen MR) is 119 cm³/mol. The minimum absolute atomic E-state index is 0.260. The molecule has 0 saturated carbocycles. The molecule has 140 valence electrons. The molecule has 0 fully saturated rings. The van der Waals surface area contributed by atoms with Gasteiger partial charge in [-0.25, -0.2) is 4.98 Å². The number of nitrogens with two attached hydrogens (primary N) is 1. The summed E-state index contributed by atoms with van der Waals surface area (Å²) in [5, 5.41) is 9.75. The number of anilines is 1. The van der Waals surface area contributed by atoms with Crippen molar-refractivity contribution in [2.75, 3.05) is 5.73 Å². The molecular formula is C26H21N3. The van der Waals surface area contributed by atoms with Crippen LogP contribution in [0.5, 0.6) is 0 Å². The molecule has 4 aromatic rings. The normalized spacial score (nSPS) is 10.5. The number of pyridine rings is 1. The van der Waals surface area contributed by atoms with Crippen molar-refractivity contribution in [2.24, 2.45) is 0 Å². The largest absolute Gasteiger partial charge is 0.383 e. The Bertz CT molecular complexity index is 1200. The molecule has 1 heterocycles. The molecule has 0 spiro atoms. The second kappa shape index (κ2) is 7.61. The monoisotopic (exact) mass is 375 g/mol. The Balaban J connectivity index is 1.86. The summed E-state index contributed by atoms with van der Waals surface area (Å²) in [6.45, 7) is 4.06. The fraction of sp³-hybridized carbons (Fsp3) is 0.0769. The molecule has 3 nitrogen and oxygen atoms in total. The highest BCUT2D eigenvalue weighted by atomic mass is 14.9. The Hall–Kier alpha value is -3.90. The second-order valence-electron chi connectivity index (χ2n) is 7.14. The number of benzene rings is 3. The van der Waals surface area contributed by atoms with Crippen LogP contribution in [0.2, 0.25) is 0 Å². The third-order valence-electron chi connectivity index (χ3n) is 5.19. The first-order valence-electron chi connectivity index (χ1n) is 9.51. The lowest BCUT2D eigenvalue weighted by Crippen LogP contribution is -2.03. The van der Waals surface area contributed by atoms with Crippen LogP contribution in [0.15, 0.2) is 78.9 Å². The highest BCUT2D eigenvalue weighted by molar-refractivity contribution is 5.85. The number of rotatable bonds is 3. The van der Waals surface area contributed by atoms with Gasteiger partial charge < -0.3 is 5.73 Å². The maximum absolute atomic E-state index is 9.75. The second-order valence-corrected chi connectivity index (χ2v) is 7.14. The summed E-state index contributed by atoms with van der Waals surface area (Å²) in [6, 6.07) is 28.9. The van der Waals surface area contributed by atoms with Gasteiger partial charge in [-0.2, -0.15) is 5.26 Å². The topological polar surface area (TPSA) is 62.7 Å². The van der Waals surface area contributed by atoms with Crippen LogP contribution in [0.25, 0.3) is 33.5 Å². The quantitative estimate of drug-likeness (QED) is 0.467. The third-order valence-corrected chi connectivity index (χ3v) is 5.19. The zero-order valence-electron chi connectivity index (χ0n) is 16.5. The molecule has 3 aromatic carbocycles. The van der Waals surface area contributed by atoms with Crippen molar-refractivity contribution in [3.63, 3.8) is 0 Å². The van der Waals surface area contributed by atoms with Crippen LogP contribution < -0.4 is 5.73 Å². The summed E-state index contributed by atoms with van der Waals surface area (Å²) in [5.74, 6) is 0.260. The molecule has 0 amide bonds. The van der Waals surface area contributed by atoms with Crippen molar-refractivity contribution in [3.05, 3.63) is 95.6 Å². The number of nitrogen functional groups attached to an aromatic ring is 1. The van der Waals surface area contributed by atoms with E-state index in [1.165, 1.54) is 5.56 Å². The lowest BCUT2D eigenvalue weighted by Gasteiger charge is -2.15. The molecule has 2 N–H and O–H groups in total. The Morgan fingerprint density at radius 1 is 0.724 bits per heavy atom. The van der Waals surface area contributed by atoms with E-state index in [1.54, 1.807) is 0 Å². The van der Waals surface area contributed by atoms with Crippen LogP contribution in [0.4, 0.5) is 5.82 Å². The summed E-state index contributed by atoms with van der Waals surface area (Å²) >= 11 is 0. The Labute approximate surface area is 171 Å². The van der Waals surface area contributed by atoms with E-state index in [0.717, 1.165) is 39.1 Å². The van der Waals surface area contributed by atoms with Crippen LogP contribution in [0, 0.1) is 25.2 Å². The summed E-state index contributed by atoms with van der Waals surface area (Å²) in [5.41, 5.74) is 14.6. The zero-order chi connectivity index (χ0) is 20.4. The van der Waals surface area contributed by atoms with Crippen molar-refractivity contribution in [3.8, 4) is 39.6 Å². The Morgan fingerprint density at radius 3 is 1.90 bits per heavy atom. The minimum Gasteiger partial charge on any atom is -0.383 e. The smallest absolute Gasteiger partial charge is 0.142 e. The van der Waals surface area contributed by atoms with Gasteiger partial charge in [0, 0.05) is 11.1 Å². The van der Waals surface area contributed by atoms with Gasteiger partial charge in [-0.1, -0.05) is 84.4 Å². The van der Waals surface area contributed by atoms with Crippen LogP contribution in [0.3, 0.4) is 0 Å². The fourth-order valence-electron chi connectivity index (χ4n) is 3.62. The summed E-state index contributed by atoms with van der Waals surface area (Å²) in [6.07, 6.45) is 0. The first-order valence-corrected chi connectivity index (χ1v) is 9.51. The van der Waals surface area contributed by atoms with E-state index in [2.05, 4.69) is 54.4 Å². The molecule has 0 unspecified atom stereocenters. The molecule has 0 atom stereocenters. The number of nitrogens with zero attached hydrogens (tertiary/aromatic N) is 2. The number of aryl methyl sites for hydroxylation is 1. The number of aromatic nitrogens is 1. The van der Waals surface area contributed by atoms with Crippen molar-refractivity contribution in [2.45, 2.75) is 13.8 Å². The van der Waals surface area contributed by atoms with Gasteiger partial charge in [0.25, 0.3) is 0 Å². The lowest BCUT2D eigenvalue weighted by molar-refractivity contribution is 1.26. The van der Waals surface area contributed by atoms with Crippen LogP contribution in [-0.2, 0) is 0 Å². The summed E-state index contributed by atoms with van der Waals surface area (Å²) in [7, 11) is 0. The highest BCUT2D eigenvalue weighted by Gasteiger charge is 2.18. The van der Waals surface area contributed by atoms with E-state index in [1.807, 2.05) is 49.4 Å². The van der Waals surface area contributed by atoms with Gasteiger partial charge in [-0.3, -0.25) is 0 Å². The fourth-order valence-corrected chi connectivity index (χ4v) is 3.62. The average Bonchev–Trinajstić information content (AvgIpc) is 2.76. The highest BCUT2D eigenvalue weighted by Crippen LogP contribution is 2.36. The standard InChI is InChI=1S/C26H21N3/c1-17-8-10-22(11-9-17)25-18(2)24(23(16-27)26(28)29-25)21-14-12-20(13-15-21)19-6-4-3-5-7-19/h3-15H,1-2H3,(H2,28,29). The molecular weight excluding hydrogens is 354 g/mol. The lowest BCUT2D eigenvalue weighted by atomic mass is 9.91. The number of hydrogen-bond acceptors (Lipinski definition) is 3. The molecule has 1 aromatic heterocycles.